The summed E-state index contributed by atoms with van der Waals surface area (Å²) in [4.78, 5) is 0. The van der Waals surface area contributed by atoms with Crippen LogP contribution in [-0.4, -0.2) is 52.7 Å². The Balaban J connectivity index is 2.32. The highest BCUT2D eigenvalue weighted by Gasteiger charge is 2.40. The minimum absolute atomic E-state index is 0.208. The summed E-state index contributed by atoms with van der Waals surface area (Å²) < 4.78 is 27.9. The van der Waals surface area contributed by atoms with Crippen LogP contribution in [0.4, 0.5) is 0 Å². The van der Waals surface area contributed by atoms with Gasteiger partial charge in [0.2, 0.25) is 0 Å². The van der Waals surface area contributed by atoms with Crippen LogP contribution < -0.4 is 0 Å². The Kier molecular flexibility index (Phi) is 11.9. The first-order chi connectivity index (χ1) is 11.7. The zero-order chi connectivity index (χ0) is 17.7. The molecule has 1 saturated heterocycles. The van der Waals surface area contributed by atoms with Gasteiger partial charge in [0.05, 0.1) is 12.7 Å². The topological polar surface area (TPSA) is 49.5 Å². The lowest BCUT2D eigenvalue weighted by atomic mass is 10.1. The van der Waals surface area contributed by atoms with Crippen molar-refractivity contribution in [2.75, 3.05) is 34.5 Å². The van der Waals surface area contributed by atoms with Crippen LogP contribution in [0, 0.1) is 0 Å². The number of unbranched alkanes of at least 4 members (excludes halogenated alkanes) is 6. The Hall–Kier alpha value is -0.200. The molecule has 0 amide bonds. The molecule has 1 aliphatic rings. The highest BCUT2D eigenvalue weighted by Crippen LogP contribution is 2.26. The number of methoxy groups -OCH3 is 3. The van der Waals surface area contributed by atoms with E-state index in [1.54, 1.807) is 21.3 Å². The van der Waals surface area contributed by atoms with Crippen LogP contribution in [0.2, 0.25) is 0 Å². The van der Waals surface area contributed by atoms with E-state index in [1.807, 2.05) is 0 Å². The van der Waals surface area contributed by atoms with Crippen molar-refractivity contribution >= 4 is 0 Å². The van der Waals surface area contributed by atoms with Crippen LogP contribution in [-0.2, 0) is 23.7 Å². The molecule has 1 fully saturated rings. The molecular weight excluding hydrogens is 308 g/mol. The molecule has 0 aliphatic carbocycles. The molecule has 0 radical (unpaired) electrons. The fraction of sp³-hybridized carbons (Fsp3) is 1.00. The summed E-state index contributed by atoms with van der Waals surface area (Å²) in [5, 5.41) is 0. The molecule has 144 valence electrons. The Morgan fingerprint density at radius 1 is 0.917 bits per heavy atom. The molecule has 24 heavy (non-hydrogen) atoms. The maximum absolute atomic E-state index is 6.09. The molecule has 1 aliphatic heterocycles. The number of hydrogen-bond donors (Lipinski definition) is 0. The Morgan fingerprint density at radius 2 is 1.54 bits per heavy atom. The first-order valence-corrected chi connectivity index (χ1v) is 9.61. The van der Waals surface area contributed by atoms with Gasteiger partial charge < -0.3 is 23.7 Å². The van der Waals surface area contributed by atoms with Crippen LogP contribution >= 0.6 is 0 Å². The zero-order valence-electron chi connectivity index (χ0n) is 16.2. The molecule has 0 aromatic carbocycles. The lowest BCUT2D eigenvalue weighted by Gasteiger charge is -2.36. The monoisotopic (exact) mass is 346 g/mol. The molecule has 2 atom stereocenters. The van der Waals surface area contributed by atoms with Crippen molar-refractivity contribution in [3.05, 3.63) is 0 Å². The molecule has 2 unspecified atom stereocenters. The molecule has 1 rings (SSSR count). The van der Waals surface area contributed by atoms with Gasteiger partial charge in [-0.1, -0.05) is 45.4 Å². The lowest BCUT2D eigenvalue weighted by Crippen LogP contribution is -2.49. The van der Waals surface area contributed by atoms with Crippen LogP contribution in [0.15, 0.2) is 0 Å². The summed E-state index contributed by atoms with van der Waals surface area (Å²) in [7, 11) is 4.82. The summed E-state index contributed by atoms with van der Waals surface area (Å²) >= 11 is 0. The molecule has 1 heterocycles. The predicted octanol–water partition coefficient (Wildman–Crippen LogP) is 4.28. The molecule has 0 aromatic heterocycles. The van der Waals surface area contributed by atoms with Crippen molar-refractivity contribution in [1.29, 1.82) is 0 Å². The van der Waals surface area contributed by atoms with Crippen LogP contribution in [0.5, 0.6) is 0 Å². The molecular formula is C19H38O5. The van der Waals surface area contributed by atoms with Gasteiger partial charge in [-0.25, -0.2) is 0 Å². The average molecular weight is 347 g/mol. The van der Waals surface area contributed by atoms with Gasteiger partial charge in [0, 0.05) is 27.9 Å². The largest absolute Gasteiger partial charge is 0.373 e. The SMILES string of the molecule is CCCCCCCCC(OCCCCC1CO1)C(OC)(OC)OC. The summed E-state index contributed by atoms with van der Waals surface area (Å²) in [5.74, 6) is -1.11. The van der Waals surface area contributed by atoms with Crippen molar-refractivity contribution in [3.63, 3.8) is 0 Å². The van der Waals surface area contributed by atoms with E-state index in [-0.39, 0.29) is 6.10 Å². The van der Waals surface area contributed by atoms with Crippen LogP contribution in [0.25, 0.3) is 0 Å². The molecule has 0 bridgehead atoms. The smallest absolute Gasteiger partial charge is 0.310 e. The third-order valence-electron chi connectivity index (χ3n) is 4.71. The van der Waals surface area contributed by atoms with E-state index >= 15 is 0 Å². The van der Waals surface area contributed by atoms with Gasteiger partial charge in [0.15, 0.2) is 0 Å². The van der Waals surface area contributed by atoms with Gasteiger partial charge in [0.1, 0.15) is 6.10 Å². The first-order valence-electron chi connectivity index (χ1n) is 9.61. The second kappa shape index (κ2) is 13.1. The van der Waals surface area contributed by atoms with E-state index in [0.717, 1.165) is 38.7 Å². The van der Waals surface area contributed by atoms with Gasteiger partial charge in [-0.15, -0.1) is 0 Å². The maximum Gasteiger partial charge on any atom is 0.310 e. The normalized spacial score (nSPS) is 18.8. The molecule has 0 saturated carbocycles. The van der Waals surface area contributed by atoms with E-state index in [0.29, 0.717) is 12.7 Å². The molecule has 5 nitrogen and oxygen atoms in total. The minimum Gasteiger partial charge on any atom is -0.373 e. The Labute approximate surface area is 148 Å². The van der Waals surface area contributed by atoms with Crippen molar-refractivity contribution < 1.29 is 23.7 Å². The quantitative estimate of drug-likeness (QED) is 0.223. The second-order valence-corrected chi connectivity index (χ2v) is 6.58. The Morgan fingerprint density at radius 3 is 2.12 bits per heavy atom. The van der Waals surface area contributed by atoms with Gasteiger partial charge in [0.25, 0.3) is 0 Å². The number of ether oxygens (including phenoxy) is 5. The van der Waals surface area contributed by atoms with Gasteiger partial charge in [-0.2, -0.15) is 0 Å². The van der Waals surface area contributed by atoms with E-state index in [1.165, 1.54) is 32.1 Å². The van der Waals surface area contributed by atoms with Gasteiger partial charge >= 0.3 is 5.97 Å². The summed E-state index contributed by atoms with van der Waals surface area (Å²) in [6.45, 7) is 3.87. The maximum atomic E-state index is 6.09. The van der Waals surface area contributed by atoms with Crippen molar-refractivity contribution in [2.45, 2.75) is 89.3 Å². The van der Waals surface area contributed by atoms with Crippen molar-refractivity contribution in [1.82, 2.24) is 0 Å². The number of rotatable bonds is 17. The molecule has 0 aromatic rings. The summed E-state index contributed by atoms with van der Waals surface area (Å²) in [6.07, 6.45) is 12.0. The van der Waals surface area contributed by atoms with Crippen LogP contribution in [0.1, 0.15) is 71.1 Å². The second-order valence-electron chi connectivity index (χ2n) is 6.58. The van der Waals surface area contributed by atoms with E-state index in [4.69, 9.17) is 23.7 Å². The highest BCUT2D eigenvalue weighted by molar-refractivity contribution is 4.72. The summed E-state index contributed by atoms with van der Waals surface area (Å²) in [6, 6.07) is 0. The first kappa shape index (κ1) is 21.8. The fourth-order valence-corrected chi connectivity index (χ4v) is 3.05. The van der Waals surface area contributed by atoms with Crippen LogP contribution in [0.3, 0.4) is 0 Å². The number of epoxide rings is 1. The lowest BCUT2D eigenvalue weighted by molar-refractivity contribution is -0.394. The fourth-order valence-electron chi connectivity index (χ4n) is 3.05. The standard InChI is InChI=1S/C19H38O5/c1-5-6-7-8-9-10-14-18(19(20-2,21-3)22-4)23-15-12-11-13-17-16-24-17/h17-18H,5-16H2,1-4H3. The molecule has 0 spiro atoms. The third-order valence-corrected chi connectivity index (χ3v) is 4.71. The molecule has 0 N–H and O–H groups in total. The van der Waals surface area contributed by atoms with E-state index in [9.17, 15) is 0 Å². The Bertz CT molecular complexity index is 281. The number of hydrogen-bond acceptors (Lipinski definition) is 5. The van der Waals surface area contributed by atoms with Gasteiger partial charge in [-0.3, -0.25) is 0 Å². The average Bonchev–Trinajstić information content (AvgIpc) is 3.43. The summed E-state index contributed by atoms with van der Waals surface area (Å²) in [5.41, 5.74) is 0. The third kappa shape index (κ3) is 8.26. The van der Waals surface area contributed by atoms with Crippen molar-refractivity contribution in [3.8, 4) is 0 Å². The molecule has 5 heteroatoms. The van der Waals surface area contributed by atoms with E-state index < -0.39 is 5.97 Å². The van der Waals surface area contributed by atoms with Gasteiger partial charge in [-0.05, 0) is 25.7 Å². The zero-order valence-corrected chi connectivity index (χ0v) is 16.2. The van der Waals surface area contributed by atoms with E-state index in [2.05, 4.69) is 6.92 Å². The van der Waals surface area contributed by atoms with Crippen molar-refractivity contribution in [2.24, 2.45) is 0 Å². The predicted molar refractivity (Wildman–Crippen MR) is 95.1 cm³/mol. The minimum atomic E-state index is -1.11. The highest BCUT2D eigenvalue weighted by atomic mass is 16.9.